The van der Waals surface area contributed by atoms with Crippen molar-refractivity contribution in [1.82, 2.24) is 0 Å². The maximum absolute atomic E-state index is 5.71. The highest BCUT2D eigenvalue weighted by atomic mass is 35.5. The second kappa shape index (κ2) is 5.13. The van der Waals surface area contributed by atoms with E-state index in [0.29, 0.717) is 5.88 Å². The maximum atomic E-state index is 5.71. The standard InChI is InChI=1S/C11H15ClO/c1-3-9(2)13-11-6-4-5-10(7-11)8-12/h4-7,9H,3,8H2,1-2H3/t9-/m1/s1. The molecule has 0 aromatic heterocycles. The Morgan fingerprint density at radius 2 is 2.23 bits per heavy atom. The van der Waals surface area contributed by atoms with Gasteiger partial charge in [-0.3, -0.25) is 0 Å². The number of benzene rings is 1. The fraction of sp³-hybridized carbons (Fsp3) is 0.455. The quantitative estimate of drug-likeness (QED) is 0.672. The van der Waals surface area contributed by atoms with Gasteiger partial charge in [0, 0.05) is 5.88 Å². The van der Waals surface area contributed by atoms with Crippen LogP contribution in [-0.2, 0) is 5.88 Å². The second-order valence-corrected chi connectivity index (χ2v) is 3.39. The monoisotopic (exact) mass is 198 g/mol. The molecule has 0 N–H and O–H groups in total. The van der Waals surface area contributed by atoms with Crippen LogP contribution in [0.3, 0.4) is 0 Å². The van der Waals surface area contributed by atoms with Crippen LogP contribution in [0.5, 0.6) is 5.75 Å². The van der Waals surface area contributed by atoms with Crippen molar-refractivity contribution in [1.29, 1.82) is 0 Å². The average molecular weight is 199 g/mol. The summed E-state index contributed by atoms with van der Waals surface area (Å²) in [5, 5.41) is 0. The minimum Gasteiger partial charge on any atom is -0.491 e. The summed E-state index contributed by atoms with van der Waals surface area (Å²) in [6, 6.07) is 7.91. The summed E-state index contributed by atoms with van der Waals surface area (Å²) in [6.07, 6.45) is 1.29. The van der Waals surface area contributed by atoms with Crippen LogP contribution in [0.4, 0.5) is 0 Å². The molecule has 2 heteroatoms. The van der Waals surface area contributed by atoms with Crippen molar-refractivity contribution in [2.75, 3.05) is 0 Å². The first kappa shape index (κ1) is 10.4. The highest BCUT2D eigenvalue weighted by molar-refractivity contribution is 6.17. The highest BCUT2D eigenvalue weighted by Gasteiger charge is 2.00. The summed E-state index contributed by atoms with van der Waals surface area (Å²) in [7, 11) is 0. The molecule has 0 spiro atoms. The maximum Gasteiger partial charge on any atom is 0.120 e. The predicted molar refractivity (Wildman–Crippen MR) is 56.4 cm³/mol. The van der Waals surface area contributed by atoms with Gasteiger partial charge in [-0.2, -0.15) is 0 Å². The zero-order valence-electron chi connectivity index (χ0n) is 8.09. The third kappa shape index (κ3) is 3.27. The lowest BCUT2D eigenvalue weighted by molar-refractivity contribution is 0.217. The number of ether oxygens (including phenoxy) is 1. The Morgan fingerprint density at radius 1 is 1.46 bits per heavy atom. The molecule has 0 fully saturated rings. The van der Waals surface area contributed by atoms with Crippen molar-refractivity contribution in [2.45, 2.75) is 32.3 Å². The van der Waals surface area contributed by atoms with Crippen LogP contribution in [0.25, 0.3) is 0 Å². The molecule has 1 aromatic carbocycles. The molecule has 0 amide bonds. The van der Waals surface area contributed by atoms with Crippen molar-refractivity contribution in [2.24, 2.45) is 0 Å². The molecule has 1 aromatic rings. The third-order valence-corrected chi connectivity index (χ3v) is 2.27. The molecule has 72 valence electrons. The van der Waals surface area contributed by atoms with Gasteiger partial charge in [-0.05, 0) is 31.0 Å². The molecule has 0 aliphatic heterocycles. The summed E-state index contributed by atoms with van der Waals surface area (Å²) in [4.78, 5) is 0. The fourth-order valence-corrected chi connectivity index (χ4v) is 1.18. The van der Waals surface area contributed by atoms with Crippen LogP contribution in [0, 0.1) is 0 Å². The molecule has 13 heavy (non-hydrogen) atoms. The van der Waals surface area contributed by atoms with E-state index < -0.39 is 0 Å². The van der Waals surface area contributed by atoms with Gasteiger partial charge < -0.3 is 4.74 Å². The van der Waals surface area contributed by atoms with Crippen molar-refractivity contribution < 1.29 is 4.74 Å². The van der Waals surface area contributed by atoms with Gasteiger partial charge in [0.15, 0.2) is 0 Å². The smallest absolute Gasteiger partial charge is 0.120 e. The molecule has 0 unspecified atom stereocenters. The Labute approximate surface area is 84.7 Å². The SMILES string of the molecule is CC[C@@H](C)Oc1cccc(CCl)c1. The van der Waals surface area contributed by atoms with E-state index >= 15 is 0 Å². The Bertz CT molecular complexity index is 260. The molecule has 1 atom stereocenters. The van der Waals surface area contributed by atoms with Crippen LogP contribution in [0.15, 0.2) is 24.3 Å². The Balaban J connectivity index is 2.66. The lowest BCUT2D eigenvalue weighted by Gasteiger charge is -2.12. The first-order chi connectivity index (χ1) is 6.26. The predicted octanol–water partition coefficient (Wildman–Crippen LogP) is 3.60. The molecule has 0 heterocycles. The summed E-state index contributed by atoms with van der Waals surface area (Å²) >= 11 is 5.71. The van der Waals surface area contributed by atoms with E-state index in [0.717, 1.165) is 17.7 Å². The first-order valence-electron chi connectivity index (χ1n) is 4.57. The molecular weight excluding hydrogens is 184 g/mol. The van der Waals surface area contributed by atoms with Crippen LogP contribution in [0.2, 0.25) is 0 Å². The van der Waals surface area contributed by atoms with Crippen LogP contribution >= 0.6 is 11.6 Å². The van der Waals surface area contributed by atoms with Crippen LogP contribution in [0.1, 0.15) is 25.8 Å². The van der Waals surface area contributed by atoms with Gasteiger partial charge in [-0.15, -0.1) is 11.6 Å². The Hall–Kier alpha value is -0.690. The van der Waals surface area contributed by atoms with E-state index in [1.54, 1.807) is 0 Å². The lowest BCUT2D eigenvalue weighted by Crippen LogP contribution is -2.09. The van der Waals surface area contributed by atoms with Gasteiger partial charge in [0.05, 0.1) is 6.10 Å². The average Bonchev–Trinajstić information content (AvgIpc) is 2.18. The zero-order chi connectivity index (χ0) is 9.68. The molecule has 0 saturated heterocycles. The topological polar surface area (TPSA) is 9.23 Å². The fourth-order valence-electron chi connectivity index (χ4n) is 1.02. The van der Waals surface area contributed by atoms with Gasteiger partial charge in [-0.25, -0.2) is 0 Å². The van der Waals surface area contributed by atoms with Gasteiger partial charge in [0.2, 0.25) is 0 Å². The van der Waals surface area contributed by atoms with Gasteiger partial charge in [0.25, 0.3) is 0 Å². The highest BCUT2D eigenvalue weighted by Crippen LogP contribution is 2.16. The zero-order valence-corrected chi connectivity index (χ0v) is 8.84. The number of halogens is 1. The number of rotatable bonds is 4. The summed E-state index contributed by atoms with van der Waals surface area (Å²) in [6.45, 7) is 4.17. The summed E-state index contributed by atoms with van der Waals surface area (Å²) < 4.78 is 5.65. The van der Waals surface area contributed by atoms with Gasteiger partial charge >= 0.3 is 0 Å². The van der Waals surface area contributed by atoms with E-state index in [-0.39, 0.29) is 6.10 Å². The van der Waals surface area contributed by atoms with E-state index in [1.165, 1.54) is 0 Å². The Kier molecular flexibility index (Phi) is 4.10. The van der Waals surface area contributed by atoms with Crippen molar-refractivity contribution >= 4 is 11.6 Å². The lowest BCUT2D eigenvalue weighted by atomic mass is 10.2. The first-order valence-corrected chi connectivity index (χ1v) is 5.11. The number of hydrogen-bond acceptors (Lipinski definition) is 1. The van der Waals surface area contributed by atoms with Gasteiger partial charge in [0.1, 0.15) is 5.75 Å². The molecule has 0 aliphatic carbocycles. The largest absolute Gasteiger partial charge is 0.491 e. The van der Waals surface area contributed by atoms with Crippen LogP contribution in [-0.4, -0.2) is 6.10 Å². The van der Waals surface area contributed by atoms with Crippen molar-refractivity contribution in [3.63, 3.8) is 0 Å². The molecule has 1 nitrogen and oxygen atoms in total. The van der Waals surface area contributed by atoms with E-state index in [2.05, 4.69) is 13.8 Å². The molecule has 0 aliphatic rings. The third-order valence-electron chi connectivity index (χ3n) is 1.96. The van der Waals surface area contributed by atoms with E-state index in [9.17, 15) is 0 Å². The molecule has 0 bridgehead atoms. The van der Waals surface area contributed by atoms with Crippen molar-refractivity contribution in [3.8, 4) is 5.75 Å². The minimum atomic E-state index is 0.269. The molecular formula is C11H15ClO. The van der Waals surface area contributed by atoms with Crippen LogP contribution < -0.4 is 4.74 Å². The Morgan fingerprint density at radius 3 is 2.85 bits per heavy atom. The minimum absolute atomic E-state index is 0.269. The molecule has 0 saturated carbocycles. The molecule has 0 radical (unpaired) electrons. The van der Waals surface area contributed by atoms with E-state index in [4.69, 9.17) is 16.3 Å². The summed E-state index contributed by atoms with van der Waals surface area (Å²) in [5.41, 5.74) is 1.10. The van der Waals surface area contributed by atoms with E-state index in [1.807, 2.05) is 24.3 Å². The normalized spacial score (nSPS) is 12.5. The van der Waals surface area contributed by atoms with Crippen molar-refractivity contribution in [3.05, 3.63) is 29.8 Å². The summed E-state index contributed by atoms with van der Waals surface area (Å²) in [5.74, 6) is 1.45. The number of hydrogen-bond donors (Lipinski definition) is 0. The molecule has 1 rings (SSSR count). The van der Waals surface area contributed by atoms with Gasteiger partial charge in [-0.1, -0.05) is 19.1 Å². The second-order valence-electron chi connectivity index (χ2n) is 3.12. The number of alkyl halides is 1.